The maximum Gasteiger partial charge on any atom is 0.261 e. The van der Waals surface area contributed by atoms with Crippen molar-refractivity contribution in [2.45, 2.75) is 11.8 Å². The van der Waals surface area contributed by atoms with Gasteiger partial charge in [-0.05, 0) is 79.8 Å². The minimum Gasteiger partial charge on any atom is -0.494 e. The fourth-order valence-electron chi connectivity index (χ4n) is 2.70. The van der Waals surface area contributed by atoms with Crippen molar-refractivity contribution >= 4 is 44.6 Å². The van der Waals surface area contributed by atoms with E-state index in [0.717, 1.165) is 0 Å². The smallest absolute Gasteiger partial charge is 0.261 e. The van der Waals surface area contributed by atoms with Crippen LogP contribution < -0.4 is 20.1 Å². The molecule has 3 rings (SSSR count). The van der Waals surface area contributed by atoms with Gasteiger partial charge in [0.2, 0.25) is 0 Å². The van der Waals surface area contributed by atoms with E-state index in [4.69, 9.17) is 17.0 Å². The second kappa shape index (κ2) is 10.2. The van der Waals surface area contributed by atoms with E-state index in [9.17, 15) is 17.6 Å². The number of carbonyl (C=O) groups is 1. The predicted molar refractivity (Wildman–Crippen MR) is 125 cm³/mol. The summed E-state index contributed by atoms with van der Waals surface area (Å²) in [6.07, 6.45) is 0. The zero-order chi connectivity index (χ0) is 23.1. The lowest BCUT2D eigenvalue weighted by Crippen LogP contribution is -2.34. The molecule has 0 atom stereocenters. The molecule has 0 saturated carbocycles. The molecular weight excluding hydrogens is 453 g/mol. The van der Waals surface area contributed by atoms with Crippen LogP contribution in [0.25, 0.3) is 0 Å². The van der Waals surface area contributed by atoms with Crippen LogP contribution in [-0.2, 0) is 10.0 Å². The van der Waals surface area contributed by atoms with E-state index >= 15 is 0 Å². The molecule has 0 heterocycles. The number of anilines is 2. The molecule has 10 heteroatoms. The molecule has 0 bridgehead atoms. The summed E-state index contributed by atoms with van der Waals surface area (Å²) >= 11 is 5.07. The molecule has 7 nitrogen and oxygen atoms in total. The summed E-state index contributed by atoms with van der Waals surface area (Å²) < 4.78 is 46.7. The Labute approximate surface area is 190 Å². The van der Waals surface area contributed by atoms with Gasteiger partial charge in [-0.3, -0.25) is 14.8 Å². The molecule has 0 saturated heterocycles. The summed E-state index contributed by atoms with van der Waals surface area (Å²) in [6.45, 7) is 2.38. The van der Waals surface area contributed by atoms with Crippen LogP contribution in [0.1, 0.15) is 17.3 Å². The van der Waals surface area contributed by atoms with Crippen molar-refractivity contribution in [1.29, 1.82) is 0 Å². The molecule has 3 aromatic carbocycles. The Bertz CT molecular complexity index is 1210. The maximum atomic E-state index is 13.7. The Kier molecular flexibility index (Phi) is 7.39. The summed E-state index contributed by atoms with van der Waals surface area (Å²) in [5.41, 5.74) is 0.704. The van der Waals surface area contributed by atoms with Crippen LogP contribution in [0.2, 0.25) is 0 Å². The van der Waals surface area contributed by atoms with Crippen LogP contribution >= 0.6 is 12.2 Å². The molecule has 3 aromatic rings. The van der Waals surface area contributed by atoms with Crippen molar-refractivity contribution in [2.24, 2.45) is 0 Å². The van der Waals surface area contributed by atoms with Crippen LogP contribution in [-0.4, -0.2) is 26.0 Å². The molecule has 166 valence electrons. The molecule has 0 aliphatic carbocycles. The van der Waals surface area contributed by atoms with Crippen LogP contribution in [0, 0.1) is 5.82 Å². The third-order valence-electron chi connectivity index (χ3n) is 4.19. The van der Waals surface area contributed by atoms with Gasteiger partial charge in [0.15, 0.2) is 5.11 Å². The number of sulfonamides is 1. The molecule has 0 fully saturated rings. The quantitative estimate of drug-likeness (QED) is 0.446. The highest BCUT2D eigenvalue weighted by atomic mass is 32.2. The summed E-state index contributed by atoms with van der Waals surface area (Å²) in [5.74, 6) is -0.717. The fraction of sp³-hybridized carbons (Fsp3) is 0.0909. The van der Waals surface area contributed by atoms with Gasteiger partial charge in [0.1, 0.15) is 11.6 Å². The molecule has 1 amide bonds. The van der Waals surface area contributed by atoms with E-state index in [2.05, 4.69) is 15.4 Å². The SMILES string of the molecule is CCOc1ccc(NS(=O)(=O)c2ccc(NC(=S)NC(=O)c3ccccc3F)cc2)cc1. The first-order valence-corrected chi connectivity index (χ1v) is 11.4. The van der Waals surface area contributed by atoms with Gasteiger partial charge >= 0.3 is 0 Å². The average molecular weight is 474 g/mol. The van der Waals surface area contributed by atoms with Crippen molar-refractivity contribution < 1.29 is 22.3 Å². The molecule has 0 aromatic heterocycles. The van der Waals surface area contributed by atoms with Gasteiger partial charge < -0.3 is 10.1 Å². The second-order valence-electron chi connectivity index (χ2n) is 6.48. The van der Waals surface area contributed by atoms with Crippen molar-refractivity contribution in [2.75, 3.05) is 16.6 Å². The monoisotopic (exact) mass is 473 g/mol. The number of rotatable bonds is 7. The van der Waals surface area contributed by atoms with Crippen LogP contribution in [0.5, 0.6) is 5.75 Å². The molecule has 0 aliphatic heterocycles. The van der Waals surface area contributed by atoms with Crippen LogP contribution in [0.15, 0.2) is 77.7 Å². The van der Waals surface area contributed by atoms with Gasteiger partial charge in [-0.1, -0.05) is 12.1 Å². The van der Waals surface area contributed by atoms with Gasteiger partial charge in [0, 0.05) is 11.4 Å². The Morgan fingerprint density at radius 3 is 2.22 bits per heavy atom. The molecule has 0 radical (unpaired) electrons. The lowest BCUT2D eigenvalue weighted by molar-refractivity contribution is 0.0974. The Morgan fingerprint density at radius 1 is 0.969 bits per heavy atom. The van der Waals surface area contributed by atoms with Crippen LogP contribution in [0.4, 0.5) is 15.8 Å². The van der Waals surface area contributed by atoms with Crippen molar-refractivity contribution in [1.82, 2.24) is 5.32 Å². The predicted octanol–water partition coefficient (Wildman–Crippen LogP) is 4.15. The lowest BCUT2D eigenvalue weighted by atomic mass is 10.2. The topological polar surface area (TPSA) is 96.5 Å². The van der Waals surface area contributed by atoms with Crippen molar-refractivity contribution in [3.8, 4) is 5.75 Å². The highest BCUT2D eigenvalue weighted by Gasteiger charge is 2.15. The Hall–Kier alpha value is -3.50. The van der Waals surface area contributed by atoms with E-state index in [1.807, 2.05) is 6.92 Å². The average Bonchev–Trinajstić information content (AvgIpc) is 2.75. The standard InChI is InChI=1S/C22H20FN3O4S2/c1-2-30-17-11-7-16(8-12-17)26-32(28,29)18-13-9-15(10-14-18)24-22(31)25-21(27)19-5-3-4-6-20(19)23/h3-14,26H,2H2,1H3,(H2,24,25,27,31). The number of ether oxygens (including phenoxy) is 1. The van der Waals surface area contributed by atoms with Gasteiger partial charge in [0.25, 0.3) is 15.9 Å². The summed E-state index contributed by atoms with van der Waals surface area (Å²) in [6, 6.07) is 17.8. The number of nitrogens with one attached hydrogen (secondary N) is 3. The zero-order valence-electron chi connectivity index (χ0n) is 17.0. The summed E-state index contributed by atoms with van der Waals surface area (Å²) in [4.78, 5) is 12.1. The number of halogens is 1. The number of amides is 1. The van der Waals surface area contributed by atoms with E-state index < -0.39 is 21.7 Å². The highest BCUT2D eigenvalue weighted by Crippen LogP contribution is 2.21. The minimum absolute atomic E-state index is 0.0400. The third-order valence-corrected chi connectivity index (χ3v) is 5.79. The molecular formula is C22H20FN3O4S2. The largest absolute Gasteiger partial charge is 0.494 e. The zero-order valence-corrected chi connectivity index (χ0v) is 18.6. The number of hydrogen-bond acceptors (Lipinski definition) is 5. The molecule has 0 spiro atoms. The van der Waals surface area contributed by atoms with Crippen LogP contribution in [0.3, 0.4) is 0 Å². The van der Waals surface area contributed by atoms with Gasteiger partial charge in [0.05, 0.1) is 17.1 Å². The first kappa shape index (κ1) is 23.2. The van der Waals surface area contributed by atoms with Crippen molar-refractivity contribution in [3.05, 3.63) is 84.2 Å². The Balaban J connectivity index is 1.61. The molecule has 0 unspecified atom stereocenters. The second-order valence-corrected chi connectivity index (χ2v) is 8.57. The normalized spacial score (nSPS) is 10.8. The number of benzene rings is 3. The van der Waals surface area contributed by atoms with Gasteiger partial charge in [-0.25, -0.2) is 12.8 Å². The third kappa shape index (κ3) is 6.02. The summed E-state index contributed by atoms with van der Waals surface area (Å²) in [5, 5.41) is 5.08. The fourth-order valence-corrected chi connectivity index (χ4v) is 3.96. The van der Waals surface area contributed by atoms with Gasteiger partial charge in [-0.2, -0.15) is 0 Å². The lowest BCUT2D eigenvalue weighted by Gasteiger charge is -2.12. The maximum absolute atomic E-state index is 13.7. The first-order chi connectivity index (χ1) is 15.3. The van der Waals surface area contributed by atoms with E-state index in [0.29, 0.717) is 23.7 Å². The van der Waals surface area contributed by atoms with E-state index in [-0.39, 0.29) is 15.6 Å². The first-order valence-electron chi connectivity index (χ1n) is 9.51. The summed E-state index contributed by atoms with van der Waals surface area (Å²) in [7, 11) is -3.81. The minimum atomic E-state index is -3.81. The van der Waals surface area contributed by atoms with E-state index in [1.165, 1.54) is 48.5 Å². The highest BCUT2D eigenvalue weighted by molar-refractivity contribution is 7.92. The molecule has 32 heavy (non-hydrogen) atoms. The van der Waals surface area contributed by atoms with E-state index in [1.54, 1.807) is 24.3 Å². The molecule has 3 N–H and O–H groups in total. The number of hydrogen-bond donors (Lipinski definition) is 3. The number of carbonyl (C=O) groups excluding carboxylic acids is 1. The number of thiocarbonyl (C=S) groups is 1. The van der Waals surface area contributed by atoms with Crippen molar-refractivity contribution in [3.63, 3.8) is 0 Å². The Morgan fingerprint density at radius 2 is 1.59 bits per heavy atom. The molecule has 0 aliphatic rings. The van der Waals surface area contributed by atoms with Gasteiger partial charge in [-0.15, -0.1) is 0 Å².